The molecule has 0 saturated carbocycles. The molecular weight excluding hydrogens is 234 g/mol. The second-order valence-electron chi connectivity index (χ2n) is 4.79. The van der Waals surface area contributed by atoms with Gasteiger partial charge in [0.2, 0.25) is 0 Å². The molecule has 0 aliphatic heterocycles. The Morgan fingerprint density at radius 3 is 2.39 bits per heavy atom. The third-order valence-electron chi connectivity index (χ3n) is 1.99. The van der Waals surface area contributed by atoms with Crippen LogP contribution in [0.5, 0.6) is 0 Å². The van der Waals surface area contributed by atoms with Crippen molar-refractivity contribution in [3.8, 4) is 0 Å². The zero-order chi connectivity index (χ0) is 13.8. The number of pyridine rings is 1. The zero-order valence-corrected chi connectivity index (χ0v) is 11.0. The van der Waals surface area contributed by atoms with E-state index >= 15 is 0 Å². The molecule has 0 spiro atoms. The summed E-state index contributed by atoms with van der Waals surface area (Å²) in [5.41, 5.74) is 0.394. The van der Waals surface area contributed by atoms with Crippen LogP contribution in [0.25, 0.3) is 0 Å². The summed E-state index contributed by atoms with van der Waals surface area (Å²) < 4.78 is 9.72. The fourth-order valence-electron chi connectivity index (χ4n) is 1.29. The molecule has 0 unspecified atom stereocenters. The van der Waals surface area contributed by atoms with Crippen LogP contribution >= 0.6 is 0 Å². The van der Waals surface area contributed by atoms with Gasteiger partial charge in [0.25, 0.3) is 0 Å². The van der Waals surface area contributed by atoms with Crippen LogP contribution in [-0.4, -0.2) is 29.6 Å². The molecule has 0 bridgehead atoms. The van der Waals surface area contributed by atoms with E-state index in [9.17, 15) is 9.59 Å². The highest BCUT2D eigenvalue weighted by molar-refractivity contribution is 5.88. The Kier molecular flexibility index (Phi) is 4.42. The molecular formula is C13H17NO4. The van der Waals surface area contributed by atoms with Gasteiger partial charge in [-0.2, -0.15) is 0 Å². The first-order valence-corrected chi connectivity index (χ1v) is 5.57. The van der Waals surface area contributed by atoms with Crippen molar-refractivity contribution in [3.05, 3.63) is 29.6 Å². The normalized spacial score (nSPS) is 10.9. The number of nitrogens with zero attached hydrogens (tertiary/aromatic N) is 1. The summed E-state index contributed by atoms with van der Waals surface area (Å²) in [6.45, 7) is 5.41. The minimum Gasteiger partial charge on any atom is -0.465 e. The Morgan fingerprint density at radius 1 is 1.28 bits per heavy atom. The summed E-state index contributed by atoms with van der Waals surface area (Å²) in [4.78, 5) is 26.7. The average molecular weight is 251 g/mol. The van der Waals surface area contributed by atoms with E-state index in [2.05, 4.69) is 9.72 Å². The molecule has 0 radical (unpaired) electrons. The number of ether oxygens (including phenoxy) is 2. The number of methoxy groups -OCH3 is 1. The molecule has 0 aliphatic carbocycles. The lowest BCUT2D eigenvalue weighted by Gasteiger charge is -2.19. The molecule has 0 N–H and O–H groups in total. The first kappa shape index (κ1) is 14.2. The van der Waals surface area contributed by atoms with Gasteiger partial charge >= 0.3 is 11.9 Å². The van der Waals surface area contributed by atoms with Crippen LogP contribution in [0.4, 0.5) is 0 Å². The first-order valence-electron chi connectivity index (χ1n) is 5.57. The molecule has 0 amide bonds. The van der Waals surface area contributed by atoms with Gasteiger partial charge in [-0.25, -0.2) is 4.79 Å². The van der Waals surface area contributed by atoms with Gasteiger partial charge in [0.15, 0.2) is 0 Å². The van der Waals surface area contributed by atoms with Crippen LogP contribution < -0.4 is 0 Å². The van der Waals surface area contributed by atoms with E-state index in [1.807, 2.05) is 0 Å². The Bertz CT molecular complexity index is 431. The maximum absolute atomic E-state index is 11.5. The Morgan fingerprint density at radius 2 is 1.94 bits per heavy atom. The van der Waals surface area contributed by atoms with E-state index in [1.165, 1.54) is 13.3 Å². The van der Waals surface area contributed by atoms with Gasteiger partial charge < -0.3 is 9.47 Å². The maximum Gasteiger partial charge on any atom is 0.339 e. The number of aromatic nitrogens is 1. The highest BCUT2D eigenvalue weighted by Crippen LogP contribution is 2.09. The van der Waals surface area contributed by atoms with Crippen molar-refractivity contribution in [2.45, 2.75) is 32.8 Å². The Hall–Kier alpha value is -1.91. The molecule has 0 aliphatic rings. The number of esters is 2. The number of carbonyl (C=O) groups excluding carboxylic acids is 2. The van der Waals surface area contributed by atoms with Crippen LogP contribution in [0.3, 0.4) is 0 Å². The van der Waals surface area contributed by atoms with E-state index in [1.54, 1.807) is 32.9 Å². The minimum atomic E-state index is -0.511. The quantitative estimate of drug-likeness (QED) is 0.766. The van der Waals surface area contributed by atoms with Crippen molar-refractivity contribution in [2.75, 3.05) is 7.11 Å². The summed E-state index contributed by atoms with van der Waals surface area (Å²) in [5, 5.41) is 0. The number of rotatable bonds is 3. The highest BCUT2D eigenvalue weighted by atomic mass is 16.6. The van der Waals surface area contributed by atoms with Crippen molar-refractivity contribution in [1.29, 1.82) is 0 Å². The third-order valence-corrected chi connectivity index (χ3v) is 1.99. The number of hydrogen-bond donors (Lipinski definition) is 0. The number of hydrogen-bond acceptors (Lipinski definition) is 5. The van der Waals surface area contributed by atoms with Crippen LogP contribution in [-0.2, 0) is 20.7 Å². The highest BCUT2D eigenvalue weighted by Gasteiger charge is 2.17. The van der Waals surface area contributed by atoms with Crippen molar-refractivity contribution >= 4 is 11.9 Å². The molecule has 98 valence electrons. The summed E-state index contributed by atoms with van der Waals surface area (Å²) in [7, 11) is 1.30. The molecule has 1 heterocycles. The predicted octanol–water partition coefficient (Wildman–Crippen LogP) is 1.75. The zero-order valence-electron chi connectivity index (χ0n) is 11.0. The van der Waals surface area contributed by atoms with Crippen LogP contribution in [0.2, 0.25) is 0 Å². The Labute approximate surface area is 106 Å². The van der Waals surface area contributed by atoms with Gasteiger partial charge in [0, 0.05) is 6.20 Å². The monoisotopic (exact) mass is 251 g/mol. The Balaban J connectivity index is 2.64. The van der Waals surface area contributed by atoms with Gasteiger partial charge in [0.1, 0.15) is 5.60 Å². The van der Waals surface area contributed by atoms with Gasteiger partial charge in [-0.3, -0.25) is 9.78 Å². The van der Waals surface area contributed by atoms with Crippen molar-refractivity contribution in [3.63, 3.8) is 0 Å². The number of carbonyl (C=O) groups is 2. The fourth-order valence-corrected chi connectivity index (χ4v) is 1.29. The molecule has 5 nitrogen and oxygen atoms in total. The smallest absolute Gasteiger partial charge is 0.339 e. The molecule has 1 rings (SSSR count). The topological polar surface area (TPSA) is 65.5 Å². The SMILES string of the molecule is COC(=O)c1ccc(CC(=O)OC(C)(C)C)nc1. The van der Waals surface area contributed by atoms with Gasteiger partial charge in [0.05, 0.1) is 24.8 Å². The summed E-state index contributed by atoms with van der Waals surface area (Å²) in [6.07, 6.45) is 1.46. The summed E-state index contributed by atoms with van der Waals surface area (Å²) >= 11 is 0. The molecule has 18 heavy (non-hydrogen) atoms. The van der Waals surface area contributed by atoms with E-state index in [4.69, 9.17) is 4.74 Å². The lowest BCUT2D eigenvalue weighted by molar-refractivity contribution is -0.153. The van der Waals surface area contributed by atoms with E-state index in [-0.39, 0.29) is 12.4 Å². The van der Waals surface area contributed by atoms with Crippen LogP contribution in [0.15, 0.2) is 18.3 Å². The second-order valence-corrected chi connectivity index (χ2v) is 4.79. The molecule has 1 aromatic rings. The van der Waals surface area contributed by atoms with Gasteiger partial charge in [-0.15, -0.1) is 0 Å². The second kappa shape index (κ2) is 5.62. The van der Waals surface area contributed by atoms with Gasteiger partial charge in [-0.05, 0) is 32.9 Å². The summed E-state index contributed by atoms with van der Waals surface area (Å²) in [6, 6.07) is 3.18. The van der Waals surface area contributed by atoms with Crippen molar-refractivity contribution in [2.24, 2.45) is 0 Å². The molecule has 0 saturated heterocycles. The first-order chi connectivity index (χ1) is 8.31. The largest absolute Gasteiger partial charge is 0.465 e. The average Bonchev–Trinajstić information content (AvgIpc) is 2.26. The maximum atomic E-state index is 11.5. The molecule has 1 aromatic heterocycles. The molecule has 0 atom stereocenters. The molecule has 5 heteroatoms. The lowest BCUT2D eigenvalue weighted by atomic mass is 10.2. The third kappa shape index (κ3) is 4.53. The predicted molar refractivity (Wildman–Crippen MR) is 65.1 cm³/mol. The molecule has 0 aromatic carbocycles. The molecule has 0 fully saturated rings. The van der Waals surface area contributed by atoms with E-state index in [0.717, 1.165) is 0 Å². The fraction of sp³-hybridized carbons (Fsp3) is 0.462. The minimum absolute atomic E-state index is 0.0821. The van der Waals surface area contributed by atoms with E-state index < -0.39 is 11.6 Å². The summed E-state index contributed by atoms with van der Waals surface area (Å²) in [5.74, 6) is -0.799. The van der Waals surface area contributed by atoms with Crippen LogP contribution in [0.1, 0.15) is 36.8 Å². The van der Waals surface area contributed by atoms with Crippen molar-refractivity contribution in [1.82, 2.24) is 4.98 Å². The van der Waals surface area contributed by atoms with Crippen molar-refractivity contribution < 1.29 is 19.1 Å². The lowest BCUT2D eigenvalue weighted by Crippen LogP contribution is -2.25. The standard InChI is InChI=1S/C13H17NO4/c1-13(2,3)18-11(15)7-10-6-5-9(8-14-10)12(16)17-4/h5-6,8H,7H2,1-4H3. The van der Waals surface area contributed by atoms with E-state index in [0.29, 0.717) is 11.3 Å². The van der Waals surface area contributed by atoms with Gasteiger partial charge in [-0.1, -0.05) is 0 Å². The van der Waals surface area contributed by atoms with Crippen LogP contribution in [0, 0.1) is 0 Å².